The molecular weight excluding hydrogens is 307 g/mol. The lowest BCUT2D eigenvalue weighted by molar-refractivity contribution is -0.124. The maximum absolute atomic E-state index is 13.9. The van der Waals surface area contributed by atoms with Gasteiger partial charge in [-0.1, -0.05) is 18.2 Å². The zero-order valence-corrected chi connectivity index (χ0v) is 13.1. The van der Waals surface area contributed by atoms with E-state index < -0.39 is 23.2 Å². The maximum atomic E-state index is 13.9. The van der Waals surface area contributed by atoms with Gasteiger partial charge in [-0.3, -0.25) is 9.78 Å². The minimum absolute atomic E-state index is 0.00423. The summed E-state index contributed by atoms with van der Waals surface area (Å²) in [6.07, 6.45) is 4.61. The van der Waals surface area contributed by atoms with Crippen LogP contribution in [0.2, 0.25) is 0 Å². The summed E-state index contributed by atoms with van der Waals surface area (Å²) in [6, 6.07) is 7.04. The molecule has 1 aromatic heterocycles. The number of hydrogen-bond acceptors (Lipinski definition) is 4. The summed E-state index contributed by atoms with van der Waals surface area (Å²) in [7, 11) is 0. The summed E-state index contributed by atoms with van der Waals surface area (Å²) < 4.78 is 13.9. The van der Waals surface area contributed by atoms with E-state index in [4.69, 9.17) is 5.73 Å². The molecule has 122 valence electrons. The molecule has 0 radical (unpaired) electrons. The fourth-order valence-electron chi connectivity index (χ4n) is 3.53. The molecule has 1 amide bonds. The van der Waals surface area contributed by atoms with Crippen molar-refractivity contribution in [3.63, 3.8) is 0 Å². The van der Waals surface area contributed by atoms with Crippen molar-refractivity contribution < 1.29 is 9.18 Å². The molecular formula is C18H17FN4O. The molecule has 0 spiro atoms. The Balaban J connectivity index is 1.66. The van der Waals surface area contributed by atoms with Gasteiger partial charge < -0.3 is 11.1 Å². The largest absolute Gasteiger partial charge is 0.332 e. The molecule has 4 rings (SSSR count). The van der Waals surface area contributed by atoms with Crippen molar-refractivity contribution in [3.05, 3.63) is 41.7 Å². The van der Waals surface area contributed by atoms with Crippen molar-refractivity contribution in [1.29, 1.82) is 5.26 Å². The van der Waals surface area contributed by atoms with Crippen LogP contribution in [0.1, 0.15) is 30.4 Å². The van der Waals surface area contributed by atoms with Gasteiger partial charge in [0.1, 0.15) is 5.67 Å². The van der Waals surface area contributed by atoms with Crippen molar-refractivity contribution in [3.8, 4) is 6.07 Å². The third kappa shape index (κ3) is 2.24. The lowest BCUT2D eigenvalue weighted by Gasteiger charge is -2.26. The second-order valence-electron chi connectivity index (χ2n) is 6.85. The number of nitrogens with one attached hydrogen (secondary N) is 1. The summed E-state index contributed by atoms with van der Waals surface area (Å²) in [6.45, 7) is 0. The van der Waals surface area contributed by atoms with Crippen LogP contribution in [-0.2, 0) is 16.8 Å². The van der Waals surface area contributed by atoms with Crippen molar-refractivity contribution in [2.24, 2.45) is 5.73 Å². The van der Waals surface area contributed by atoms with Crippen LogP contribution < -0.4 is 11.1 Å². The number of halogens is 1. The molecule has 2 atom stereocenters. The second-order valence-corrected chi connectivity index (χ2v) is 6.85. The van der Waals surface area contributed by atoms with Gasteiger partial charge in [0.2, 0.25) is 5.91 Å². The molecule has 6 heteroatoms. The molecule has 5 nitrogen and oxygen atoms in total. The van der Waals surface area contributed by atoms with Crippen molar-refractivity contribution in [2.45, 2.75) is 42.9 Å². The number of carbonyl (C=O) groups excluding carboxylic acids is 1. The Labute approximate surface area is 138 Å². The Morgan fingerprint density at radius 1 is 1.46 bits per heavy atom. The van der Waals surface area contributed by atoms with Gasteiger partial charge in [-0.25, -0.2) is 4.39 Å². The Hall–Kier alpha value is -2.52. The van der Waals surface area contributed by atoms with E-state index in [0.29, 0.717) is 24.8 Å². The van der Waals surface area contributed by atoms with E-state index >= 15 is 0 Å². The van der Waals surface area contributed by atoms with Gasteiger partial charge in [0.25, 0.3) is 0 Å². The Kier molecular flexibility index (Phi) is 3.12. The quantitative estimate of drug-likeness (QED) is 0.898. The summed E-state index contributed by atoms with van der Waals surface area (Å²) in [5, 5.41) is 14.5. The summed E-state index contributed by atoms with van der Waals surface area (Å²) in [5.41, 5.74) is 5.03. The lowest BCUT2D eigenvalue weighted by Crippen LogP contribution is -2.52. The van der Waals surface area contributed by atoms with E-state index in [1.165, 1.54) is 0 Å². The van der Waals surface area contributed by atoms with Crippen LogP contribution in [0.4, 0.5) is 4.39 Å². The Bertz CT molecular complexity index is 881. The molecule has 1 unspecified atom stereocenters. The number of benzene rings is 1. The molecule has 1 heterocycles. The summed E-state index contributed by atoms with van der Waals surface area (Å²) in [5.74, 6) is -0.495. The number of nitrogens with zero attached hydrogens (tertiary/aromatic N) is 2. The van der Waals surface area contributed by atoms with E-state index in [9.17, 15) is 14.4 Å². The Morgan fingerprint density at radius 3 is 2.96 bits per heavy atom. The minimum atomic E-state index is -1.31. The van der Waals surface area contributed by atoms with E-state index in [-0.39, 0.29) is 6.42 Å². The first-order valence-electron chi connectivity index (χ1n) is 8.00. The normalized spacial score (nSPS) is 24.4. The van der Waals surface area contributed by atoms with E-state index in [1.807, 2.05) is 18.2 Å². The van der Waals surface area contributed by atoms with Crippen LogP contribution in [0.15, 0.2) is 30.6 Å². The smallest absolute Gasteiger partial charge is 0.238 e. The molecule has 2 aliphatic carbocycles. The number of rotatable bonds is 4. The first-order valence-corrected chi connectivity index (χ1v) is 8.00. The van der Waals surface area contributed by atoms with Crippen LogP contribution in [-0.4, -0.2) is 22.6 Å². The average Bonchev–Trinajstić information content (AvgIpc) is 3.21. The van der Waals surface area contributed by atoms with Crippen LogP contribution >= 0.6 is 0 Å². The van der Waals surface area contributed by atoms with Gasteiger partial charge in [0.15, 0.2) is 5.54 Å². The number of pyridine rings is 1. The third-order valence-electron chi connectivity index (χ3n) is 5.03. The molecule has 0 aliphatic heterocycles. The molecule has 3 N–H and O–H groups in total. The molecule has 0 saturated heterocycles. The number of alkyl halides is 1. The molecule has 24 heavy (non-hydrogen) atoms. The van der Waals surface area contributed by atoms with Crippen molar-refractivity contribution >= 4 is 16.7 Å². The molecule has 1 aromatic carbocycles. The average molecular weight is 324 g/mol. The van der Waals surface area contributed by atoms with Crippen LogP contribution in [0.3, 0.4) is 0 Å². The van der Waals surface area contributed by atoms with Gasteiger partial charge in [-0.2, -0.15) is 5.26 Å². The lowest BCUT2D eigenvalue weighted by atomic mass is 9.92. The summed E-state index contributed by atoms with van der Waals surface area (Å²) in [4.78, 5) is 16.7. The molecule has 2 aromatic rings. The highest BCUT2D eigenvalue weighted by Crippen LogP contribution is 2.44. The van der Waals surface area contributed by atoms with Gasteiger partial charge in [0.05, 0.1) is 12.1 Å². The molecule has 1 fully saturated rings. The molecule has 0 bridgehead atoms. The SMILES string of the molecule is N#CC1(NC(=O)[C@@H](N)CC2(F)CC2)Cc2cccc3cncc1c23. The molecule has 2 aliphatic rings. The van der Waals surface area contributed by atoms with E-state index in [1.54, 1.807) is 12.4 Å². The highest BCUT2D eigenvalue weighted by Gasteiger charge is 2.47. The van der Waals surface area contributed by atoms with Crippen LogP contribution in [0.5, 0.6) is 0 Å². The fraction of sp³-hybridized carbons (Fsp3) is 0.389. The number of carbonyl (C=O) groups is 1. The highest BCUT2D eigenvalue weighted by atomic mass is 19.1. The highest BCUT2D eigenvalue weighted by molar-refractivity contribution is 5.93. The van der Waals surface area contributed by atoms with E-state index in [2.05, 4.69) is 16.4 Å². The number of hydrogen-bond donors (Lipinski definition) is 2. The first kappa shape index (κ1) is 15.0. The Morgan fingerprint density at radius 2 is 2.25 bits per heavy atom. The zero-order chi connectivity index (χ0) is 16.9. The summed E-state index contributed by atoms with van der Waals surface area (Å²) >= 11 is 0. The van der Waals surface area contributed by atoms with Crippen molar-refractivity contribution in [2.75, 3.05) is 0 Å². The van der Waals surface area contributed by atoms with Crippen molar-refractivity contribution in [1.82, 2.24) is 10.3 Å². The van der Waals surface area contributed by atoms with Gasteiger partial charge in [0, 0.05) is 36.2 Å². The first-order chi connectivity index (χ1) is 11.5. The number of amides is 1. The minimum Gasteiger partial charge on any atom is -0.332 e. The van der Waals surface area contributed by atoms with Gasteiger partial charge in [-0.05, 0) is 23.8 Å². The van der Waals surface area contributed by atoms with Gasteiger partial charge >= 0.3 is 0 Å². The van der Waals surface area contributed by atoms with Gasteiger partial charge in [-0.15, -0.1) is 0 Å². The zero-order valence-electron chi connectivity index (χ0n) is 13.1. The van der Waals surface area contributed by atoms with Crippen LogP contribution in [0, 0.1) is 11.3 Å². The molecule has 1 saturated carbocycles. The topological polar surface area (TPSA) is 91.8 Å². The second kappa shape index (κ2) is 4.99. The number of aromatic nitrogens is 1. The fourth-order valence-corrected chi connectivity index (χ4v) is 3.53. The standard InChI is InChI=1S/C18H17FN4O/c19-17(4-5-17)7-14(21)16(24)23-18(10-20)6-11-2-1-3-12-8-22-9-13(18)15(11)12/h1-3,8-9,14H,4-7,21H2,(H,23,24)/t14-,18?/m0/s1. The maximum Gasteiger partial charge on any atom is 0.238 e. The predicted octanol–water partition coefficient (Wildman–Crippen LogP) is 1.85. The predicted molar refractivity (Wildman–Crippen MR) is 86.5 cm³/mol. The third-order valence-corrected chi connectivity index (χ3v) is 5.03. The van der Waals surface area contributed by atoms with E-state index in [0.717, 1.165) is 16.3 Å². The number of nitrogens with two attached hydrogens (primary N) is 1. The number of nitriles is 1. The van der Waals surface area contributed by atoms with Crippen LogP contribution in [0.25, 0.3) is 10.8 Å². The monoisotopic (exact) mass is 324 g/mol.